The molecular formula is C40H66FN3O3. The number of hydrogen-bond acceptors (Lipinski definition) is 5. The molecule has 2 aromatic heterocycles. The molecule has 0 atom stereocenters. The van der Waals surface area contributed by atoms with Crippen LogP contribution < -0.4 is 10.6 Å². The van der Waals surface area contributed by atoms with Gasteiger partial charge in [0.05, 0.1) is 5.69 Å². The zero-order chi connectivity index (χ0) is 36.4. The Labute approximate surface area is 286 Å². The minimum absolute atomic E-state index is 0.0108. The first-order valence-corrected chi connectivity index (χ1v) is 17.4. The van der Waals surface area contributed by atoms with E-state index in [-0.39, 0.29) is 28.5 Å². The molecule has 1 aromatic carbocycles. The molecule has 0 unspecified atom stereocenters. The Morgan fingerprint density at radius 1 is 0.894 bits per heavy atom. The van der Waals surface area contributed by atoms with Crippen LogP contribution in [0.2, 0.25) is 0 Å². The third-order valence-corrected chi connectivity index (χ3v) is 7.18. The molecule has 2 N–H and O–H groups in total. The Morgan fingerprint density at radius 2 is 1.47 bits per heavy atom. The average molecular weight is 656 g/mol. The number of nitrogens with one attached hydrogen (secondary N) is 2. The molecule has 0 aliphatic heterocycles. The van der Waals surface area contributed by atoms with Crippen LogP contribution in [0.1, 0.15) is 145 Å². The van der Waals surface area contributed by atoms with E-state index in [1.165, 1.54) is 37.8 Å². The van der Waals surface area contributed by atoms with Crippen LogP contribution in [0, 0.1) is 17.2 Å². The van der Waals surface area contributed by atoms with Gasteiger partial charge in [0.2, 0.25) is 12.2 Å². The number of nitrogens with zero attached hydrogens (tertiary/aromatic N) is 1. The van der Waals surface area contributed by atoms with Crippen molar-refractivity contribution in [2.24, 2.45) is 11.3 Å². The number of pyridine rings is 1. The van der Waals surface area contributed by atoms with Crippen LogP contribution in [0.5, 0.6) is 0 Å². The molecule has 0 aliphatic rings. The summed E-state index contributed by atoms with van der Waals surface area (Å²) in [5.41, 5.74) is 4.20. The highest BCUT2D eigenvalue weighted by Gasteiger charge is 2.24. The molecule has 0 saturated heterocycles. The number of rotatable bonds is 11. The van der Waals surface area contributed by atoms with Crippen molar-refractivity contribution < 1.29 is 18.4 Å². The molecule has 3 rings (SSSR count). The lowest BCUT2D eigenvalue weighted by molar-refractivity contribution is -0.109. The van der Waals surface area contributed by atoms with Gasteiger partial charge in [0, 0.05) is 35.2 Å². The first-order valence-electron chi connectivity index (χ1n) is 17.4. The second kappa shape index (κ2) is 21.0. The molecule has 0 radical (unpaired) electrons. The maximum atomic E-state index is 13.2. The summed E-state index contributed by atoms with van der Waals surface area (Å²) in [7, 11) is 0. The zero-order valence-corrected chi connectivity index (χ0v) is 32.1. The lowest BCUT2D eigenvalue weighted by atomic mass is 9.86. The summed E-state index contributed by atoms with van der Waals surface area (Å²) in [6.45, 7) is 31.3. The van der Waals surface area contributed by atoms with E-state index in [9.17, 15) is 14.0 Å². The summed E-state index contributed by atoms with van der Waals surface area (Å²) in [5, 5.41) is 5.98. The van der Waals surface area contributed by atoms with Gasteiger partial charge in [-0.3, -0.25) is 9.59 Å². The third-order valence-electron chi connectivity index (χ3n) is 7.18. The lowest BCUT2D eigenvalue weighted by Crippen LogP contribution is -2.47. The lowest BCUT2D eigenvalue weighted by Gasteiger charge is -2.25. The largest absolute Gasteiger partial charge is 0.451 e. The van der Waals surface area contributed by atoms with E-state index >= 15 is 0 Å². The maximum absolute atomic E-state index is 13.2. The van der Waals surface area contributed by atoms with Crippen LogP contribution in [0.15, 0.2) is 40.8 Å². The second-order valence-electron chi connectivity index (χ2n) is 15.3. The topological polar surface area (TPSA) is 84.2 Å². The third kappa shape index (κ3) is 17.6. The number of carbonyl (C=O) groups excluding carboxylic acids is 2. The number of unbranched alkanes of at least 4 members (excludes halogenated alkanes) is 1. The standard InChI is InChI=1S/C21H22FNO2.C8H18N2O.C7H16.C4H10/c1-12(2)19(24)18-11-17-20(25-18)15(21(3,4)5)10-16(23-17)13-6-8-14(22)9-7-13;1-4-5-10-8(2,3)6-9-7-11;1-5-6-7(2,3)4;1-3-4-2/h6-12H,1-5H3;7,10H,4-6H2,1-3H3,(H,9,11);5-6H2,1-4H3;3-4H2,1-2H3. The van der Waals surface area contributed by atoms with Gasteiger partial charge in [-0.15, -0.1) is 0 Å². The molecular weight excluding hydrogens is 589 g/mol. The van der Waals surface area contributed by atoms with Crippen LogP contribution in [-0.2, 0) is 10.2 Å². The molecule has 1 amide bonds. The molecule has 0 saturated carbocycles. The predicted octanol–water partition coefficient (Wildman–Crippen LogP) is 10.9. The van der Waals surface area contributed by atoms with Crippen molar-refractivity contribution in [2.75, 3.05) is 13.1 Å². The van der Waals surface area contributed by atoms with Crippen molar-refractivity contribution in [2.45, 2.75) is 140 Å². The predicted molar refractivity (Wildman–Crippen MR) is 199 cm³/mol. The zero-order valence-electron chi connectivity index (χ0n) is 32.1. The number of aromatic nitrogens is 1. The van der Waals surface area contributed by atoms with E-state index in [1.54, 1.807) is 18.2 Å². The van der Waals surface area contributed by atoms with Crippen molar-refractivity contribution in [1.82, 2.24) is 15.6 Å². The second-order valence-corrected chi connectivity index (χ2v) is 15.3. The summed E-state index contributed by atoms with van der Waals surface area (Å²) in [5.74, 6) is -0.135. The number of fused-ring (bicyclic) bond motifs is 1. The Morgan fingerprint density at radius 3 is 1.87 bits per heavy atom. The highest BCUT2D eigenvalue weighted by molar-refractivity contribution is 5.98. The molecule has 6 nitrogen and oxygen atoms in total. The summed E-state index contributed by atoms with van der Waals surface area (Å²) in [6.07, 6.45) is 7.14. The van der Waals surface area contributed by atoms with Gasteiger partial charge in [-0.25, -0.2) is 9.37 Å². The summed E-state index contributed by atoms with van der Waals surface area (Å²) in [6, 6.07) is 9.91. The quantitative estimate of drug-likeness (QED) is 0.159. The Bertz CT molecular complexity index is 1310. The minimum atomic E-state index is -0.283. The Hall–Kier alpha value is -3.06. The molecule has 266 valence electrons. The number of hydrogen-bond donors (Lipinski definition) is 2. The molecule has 0 spiro atoms. The van der Waals surface area contributed by atoms with Crippen molar-refractivity contribution in [1.29, 1.82) is 0 Å². The highest BCUT2D eigenvalue weighted by atomic mass is 19.1. The molecule has 0 aliphatic carbocycles. The van der Waals surface area contributed by atoms with E-state index in [0.29, 0.717) is 28.8 Å². The van der Waals surface area contributed by atoms with Gasteiger partial charge in [0.25, 0.3) is 0 Å². The van der Waals surface area contributed by atoms with E-state index in [4.69, 9.17) is 4.42 Å². The number of benzene rings is 1. The van der Waals surface area contributed by atoms with Gasteiger partial charge in [-0.2, -0.15) is 0 Å². The van der Waals surface area contributed by atoms with Crippen molar-refractivity contribution in [3.63, 3.8) is 0 Å². The first kappa shape index (κ1) is 43.9. The summed E-state index contributed by atoms with van der Waals surface area (Å²) < 4.78 is 19.1. The number of furan rings is 1. The van der Waals surface area contributed by atoms with E-state index in [1.807, 2.05) is 19.9 Å². The normalized spacial score (nSPS) is 11.5. The van der Waals surface area contributed by atoms with Gasteiger partial charge < -0.3 is 15.1 Å². The molecule has 47 heavy (non-hydrogen) atoms. The number of amides is 1. The van der Waals surface area contributed by atoms with Gasteiger partial charge in [0.1, 0.15) is 11.3 Å². The fourth-order valence-corrected chi connectivity index (χ4v) is 4.33. The Kier molecular flexibility index (Phi) is 19.7. The SMILES string of the molecule is CC(C)C(=O)c1cc2nc(-c3ccc(F)cc3)cc(C(C)(C)C)c2o1.CCCC.CCCC(C)(C)C.CCCNC(C)(C)CNC=O. The minimum Gasteiger partial charge on any atom is -0.451 e. The number of halogens is 1. The molecule has 0 fully saturated rings. The molecule has 7 heteroatoms. The van der Waals surface area contributed by atoms with Crippen LogP contribution >= 0.6 is 0 Å². The number of carbonyl (C=O) groups is 2. The number of ketones is 1. The van der Waals surface area contributed by atoms with E-state index < -0.39 is 0 Å². The average Bonchev–Trinajstić information content (AvgIpc) is 3.42. The molecule has 3 aromatic rings. The van der Waals surface area contributed by atoms with Gasteiger partial charge in [-0.1, -0.05) is 102 Å². The van der Waals surface area contributed by atoms with E-state index in [2.05, 4.69) is 98.7 Å². The van der Waals surface area contributed by atoms with Crippen LogP contribution in [0.25, 0.3) is 22.4 Å². The van der Waals surface area contributed by atoms with Crippen LogP contribution in [0.3, 0.4) is 0 Å². The number of Topliss-reactive ketones (excluding diaryl/α,β-unsaturated/α-hetero) is 1. The van der Waals surface area contributed by atoms with Crippen molar-refractivity contribution >= 4 is 23.3 Å². The summed E-state index contributed by atoms with van der Waals surface area (Å²) >= 11 is 0. The van der Waals surface area contributed by atoms with Crippen LogP contribution in [0.4, 0.5) is 4.39 Å². The fraction of sp³-hybridized carbons (Fsp3) is 0.625. The smallest absolute Gasteiger partial charge is 0.207 e. The van der Waals surface area contributed by atoms with E-state index in [0.717, 1.165) is 36.2 Å². The van der Waals surface area contributed by atoms with Gasteiger partial charge >= 0.3 is 0 Å². The fourth-order valence-electron chi connectivity index (χ4n) is 4.33. The molecule has 0 bridgehead atoms. The van der Waals surface area contributed by atoms with Gasteiger partial charge in [-0.05, 0) is 74.4 Å². The monoisotopic (exact) mass is 656 g/mol. The first-order chi connectivity index (χ1) is 21.8. The van der Waals surface area contributed by atoms with Crippen LogP contribution in [-0.4, -0.2) is 35.8 Å². The summed E-state index contributed by atoms with van der Waals surface area (Å²) in [4.78, 5) is 26.9. The van der Waals surface area contributed by atoms with Gasteiger partial charge in [0.15, 0.2) is 11.3 Å². The van der Waals surface area contributed by atoms with Crippen molar-refractivity contribution in [3.05, 3.63) is 53.5 Å². The highest BCUT2D eigenvalue weighted by Crippen LogP contribution is 2.35. The Balaban J connectivity index is 0.000000793. The maximum Gasteiger partial charge on any atom is 0.207 e. The van der Waals surface area contributed by atoms with Crippen molar-refractivity contribution in [3.8, 4) is 11.3 Å². The molecule has 2 heterocycles.